The number of aliphatic hydroxyl groups is 1. The number of phenols is 1. The first kappa shape index (κ1) is 39.2. The molecule has 3 N–H and O–H groups in total. The van der Waals surface area contributed by atoms with Crippen molar-refractivity contribution < 1.29 is 43.5 Å². The summed E-state index contributed by atoms with van der Waals surface area (Å²) in [7, 11) is 0. The summed E-state index contributed by atoms with van der Waals surface area (Å²) < 4.78 is 25.1. The third-order valence-electron chi connectivity index (χ3n) is 9.40. The number of amides is 1. The molecule has 6 rings (SSSR count). The molecule has 1 fully saturated rings. The minimum Gasteiger partial charge on any atom is -0.508 e. The first-order valence-corrected chi connectivity index (χ1v) is 18.5. The van der Waals surface area contributed by atoms with E-state index in [-0.39, 0.29) is 25.0 Å². The number of hydrogen-bond acceptors (Lipinski definition) is 9. The van der Waals surface area contributed by atoms with E-state index in [0.717, 1.165) is 22.3 Å². The lowest BCUT2D eigenvalue weighted by Crippen LogP contribution is -2.45. The summed E-state index contributed by atoms with van der Waals surface area (Å²) in [5, 5.41) is 23.0. The number of rotatable bonds is 13. The summed E-state index contributed by atoms with van der Waals surface area (Å²) in [5.74, 6) is -2.64. The first-order valence-electron chi connectivity index (χ1n) is 18.5. The van der Waals surface area contributed by atoms with Gasteiger partial charge in [-0.3, -0.25) is 9.59 Å². The van der Waals surface area contributed by atoms with Gasteiger partial charge in [0.25, 0.3) is 0 Å². The third-order valence-corrected chi connectivity index (χ3v) is 9.40. The lowest BCUT2D eigenvalue weighted by atomic mass is 9.91. The van der Waals surface area contributed by atoms with Crippen molar-refractivity contribution in [2.45, 2.75) is 82.2 Å². The Kier molecular flexibility index (Phi) is 12.3. The zero-order chi connectivity index (χ0) is 39.0. The Labute approximate surface area is 321 Å². The Morgan fingerprint density at radius 3 is 2.15 bits per heavy atom. The zero-order valence-electron chi connectivity index (χ0n) is 31.2. The third kappa shape index (κ3) is 9.77. The predicted octanol–water partition coefficient (Wildman–Crippen LogP) is 6.79. The Hall–Kier alpha value is -5.55. The highest BCUT2D eigenvalue weighted by atomic mass is 16.8. The molecule has 1 aliphatic heterocycles. The maximum Gasteiger partial charge on any atom is 0.338 e. The van der Waals surface area contributed by atoms with E-state index in [0.29, 0.717) is 17.6 Å². The monoisotopic (exact) mass is 745 g/mol. The number of benzene rings is 4. The number of para-hydroxylation sites is 1. The Balaban J connectivity index is 1.23. The van der Waals surface area contributed by atoms with E-state index < -0.39 is 60.2 Å². The van der Waals surface area contributed by atoms with Crippen molar-refractivity contribution in [3.05, 3.63) is 155 Å². The van der Waals surface area contributed by atoms with Crippen molar-refractivity contribution in [1.82, 2.24) is 5.32 Å². The minimum absolute atomic E-state index is 0.00554. The molecule has 4 aromatic rings. The van der Waals surface area contributed by atoms with Crippen LogP contribution in [0.5, 0.6) is 5.75 Å². The fourth-order valence-electron chi connectivity index (χ4n) is 6.70. The molecule has 4 atom stereocenters. The van der Waals surface area contributed by atoms with E-state index >= 15 is 0 Å². The molecule has 10 heteroatoms. The van der Waals surface area contributed by atoms with Crippen LogP contribution in [0.4, 0.5) is 0 Å². The average molecular weight is 746 g/mol. The van der Waals surface area contributed by atoms with Crippen LogP contribution in [0.25, 0.3) is 6.08 Å². The number of fused-ring (bicyclic) bond motifs is 1. The standard InChI is InChI=1S/C45H47NO9/c1-44(2,3)54-40(49)26-25-36(29-47)46-42(50)33-27-38(52-43(51)32-23-21-30(22-24-32)13-12-15-31-14-10-11-20-37(31)48)41-39(28-33)53-45(55-41,34-16-6-4-7-17-34)35-18-8-5-9-19-35/h4-14,16-24,28,36,38-39,41,47-48H,15,25-27,29H2,1-3H3,(H,46,50). The number of nitrogens with one attached hydrogen (secondary N) is 1. The van der Waals surface area contributed by atoms with Gasteiger partial charge in [-0.25, -0.2) is 4.79 Å². The SMILES string of the molecule is CC(C)(C)OC(=O)CCC(CO)NC(=O)C1=CC2OC(c3ccccc3)(c3ccccc3)OC2C(OC(=O)c2ccc(C=CCc3ccccc3O)cc2)C1. The van der Waals surface area contributed by atoms with Gasteiger partial charge < -0.3 is 34.5 Å². The highest BCUT2D eigenvalue weighted by Crippen LogP contribution is 2.47. The summed E-state index contributed by atoms with van der Waals surface area (Å²) in [5.41, 5.74) is 3.08. The highest BCUT2D eigenvalue weighted by molar-refractivity contribution is 5.94. The molecule has 2 aliphatic rings. The van der Waals surface area contributed by atoms with Gasteiger partial charge in [0.1, 0.15) is 29.7 Å². The number of esters is 2. The van der Waals surface area contributed by atoms with Crippen molar-refractivity contribution >= 4 is 23.9 Å². The van der Waals surface area contributed by atoms with Crippen LogP contribution in [-0.4, -0.2) is 64.6 Å². The number of phenolic OH excluding ortho intramolecular Hbond substituents is 1. The molecule has 0 spiro atoms. The largest absolute Gasteiger partial charge is 0.508 e. The maximum atomic E-state index is 13.8. The van der Waals surface area contributed by atoms with Crippen LogP contribution in [0.2, 0.25) is 0 Å². The number of ether oxygens (including phenoxy) is 4. The topological polar surface area (TPSA) is 141 Å². The molecule has 1 aliphatic carbocycles. The van der Waals surface area contributed by atoms with Gasteiger partial charge in [0.2, 0.25) is 11.7 Å². The van der Waals surface area contributed by atoms with Gasteiger partial charge in [0.15, 0.2) is 0 Å². The van der Waals surface area contributed by atoms with Crippen LogP contribution in [0.3, 0.4) is 0 Å². The summed E-state index contributed by atoms with van der Waals surface area (Å²) >= 11 is 0. The van der Waals surface area contributed by atoms with Crippen molar-refractivity contribution in [3.63, 3.8) is 0 Å². The number of aliphatic hydroxyl groups excluding tert-OH is 1. The van der Waals surface area contributed by atoms with Gasteiger partial charge in [-0.1, -0.05) is 103 Å². The van der Waals surface area contributed by atoms with E-state index in [1.54, 1.807) is 63.2 Å². The van der Waals surface area contributed by atoms with Crippen LogP contribution in [0.1, 0.15) is 72.6 Å². The second-order valence-corrected chi connectivity index (χ2v) is 14.7. The van der Waals surface area contributed by atoms with E-state index in [1.165, 1.54) is 0 Å². The predicted molar refractivity (Wildman–Crippen MR) is 207 cm³/mol. The fraction of sp³-hybridized carbons (Fsp3) is 0.311. The van der Waals surface area contributed by atoms with E-state index in [9.17, 15) is 24.6 Å². The second-order valence-electron chi connectivity index (χ2n) is 14.7. The van der Waals surface area contributed by atoms with Gasteiger partial charge in [-0.2, -0.15) is 0 Å². The number of allylic oxidation sites excluding steroid dienone is 1. The molecule has 4 aromatic carbocycles. The smallest absolute Gasteiger partial charge is 0.338 e. The number of carbonyl (C=O) groups is 3. The zero-order valence-corrected chi connectivity index (χ0v) is 31.2. The molecular formula is C45H47NO9. The van der Waals surface area contributed by atoms with Crippen LogP contribution in [0, 0.1) is 0 Å². The van der Waals surface area contributed by atoms with Gasteiger partial charge in [0, 0.05) is 29.5 Å². The molecule has 0 radical (unpaired) electrons. The maximum absolute atomic E-state index is 13.8. The van der Waals surface area contributed by atoms with Crippen molar-refractivity contribution in [2.24, 2.45) is 0 Å². The van der Waals surface area contributed by atoms with Gasteiger partial charge in [-0.15, -0.1) is 0 Å². The van der Waals surface area contributed by atoms with Crippen LogP contribution in [-0.2, 0) is 40.7 Å². The van der Waals surface area contributed by atoms with E-state index in [4.69, 9.17) is 18.9 Å². The molecule has 0 saturated carbocycles. The van der Waals surface area contributed by atoms with Crippen LogP contribution in [0.15, 0.2) is 127 Å². The minimum atomic E-state index is -1.36. The quantitative estimate of drug-likeness (QED) is 0.126. The van der Waals surface area contributed by atoms with Crippen molar-refractivity contribution in [1.29, 1.82) is 0 Å². The van der Waals surface area contributed by atoms with E-state index in [2.05, 4.69) is 5.32 Å². The average Bonchev–Trinajstić information content (AvgIpc) is 3.59. The summed E-state index contributed by atoms with van der Waals surface area (Å²) in [6.45, 7) is 4.93. The normalized spacial score (nSPS) is 19.6. The van der Waals surface area contributed by atoms with Crippen molar-refractivity contribution in [2.75, 3.05) is 6.61 Å². The Morgan fingerprint density at radius 1 is 0.891 bits per heavy atom. The summed E-state index contributed by atoms with van der Waals surface area (Å²) in [6.07, 6.45) is 3.77. The fourth-order valence-corrected chi connectivity index (χ4v) is 6.70. The lowest BCUT2D eigenvalue weighted by Gasteiger charge is -2.31. The molecule has 55 heavy (non-hydrogen) atoms. The second kappa shape index (κ2) is 17.3. The van der Waals surface area contributed by atoms with Crippen molar-refractivity contribution in [3.8, 4) is 5.75 Å². The highest BCUT2D eigenvalue weighted by Gasteiger charge is 2.55. The van der Waals surface area contributed by atoms with Gasteiger partial charge in [-0.05, 0) is 69.0 Å². The molecule has 10 nitrogen and oxygen atoms in total. The summed E-state index contributed by atoms with van der Waals surface area (Å²) in [6, 6.07) is 32.3. The van der Waals surface area contributed by atoms with Crippen LogP contribution < -0.4 is 5.32 Å². The molecule has 286 valence electrons. The number of aromatic hydroxyl groups is 1. The lowest BCUT2D eigenvalue weighted by molar-refractivity contribution is -0.157. The number of carbonyl (C=O) groups excluding carboxylic acids is 3. The van der Waals surface area contributed by atoms with E-state index in [1.807, 2.05) is 84.9 Å². The molecule has 1 amide bonds. The molecule has 4 unspecified atom stereocenters. The van der Waals surface area contributed by atoms with Gasteiger partial charge >= 0.3 is 11.9 Å². The molecule has 1 heterocycles. The molecule has 1 saturated heterocycles. The molecule has 0 bridgehead atoms. The molecular weight excluding hydrogens is 698 g/mol. The Morgan fingerprint density at radius 2 is 1.53 bits per heavy atom. The van der Waals surface area contributed by atoms with Gasteiger partial charge in [0.05, 0.1) is 18.2 Å². The van der Waals surface area contributed by atoms with Crippen LogP contribution >= 0.6 is 0 Å². The Bertz CT molecular complexity index is 1960. The molecule has 0 aromatic heterocycles. The first-order chi connectivity index (χ1) is 26.4. The number of hydrogen-bond donors (Lipinski definition) is 3. The summed E-state index contributed by atoms with van der Waals surface area (Å²) in [4.78, 5) is 39.9.